The van der Waals surface area contributed by atoms with Crippen LogP contribution in [-0.2, 0) is 22.6 Å². The number of nitrogens with one attached hydrogen (secondary N) is 2. The van der Waals surface area contributed by atoms with Gasteiger partial charge in [-0.05, 0) is 30.4 Å². The van der Waals surface area contributed by atoms with Crippen LogP contribution >= 0.6 is 0 Å². The SMILES string of the molecule is CCNC(=NCc1ccccc1COC)NCC(CC(C)C)N1CCOCC1. The highest BCUT2D eigenvalue weighted by molar-refractivity contribution is 5.79. The van der Waals surface area contributed by atoms with Crippen molar-refractivity contribution in [3.63, 3.8) is 0 Å². The first kappa shape index (κ1) is 22.7. The Kier molecular flexibility index (Phi) is 10.3. The van der Waals surface area contributed by atoms with Gasteiger partial charge in [-0.2, -0.15) is 0 Å². The monoisotopic (exact) mass is 390 g/mol. The molecule has 0 bridgehead atoms. The standard InChI is InChI=1S/C22H38N4O2/c1-5-23-22(24-15-19-8-6-7-9-20(19)17-27-4)25-16-21(14-18(2)3)26-10-12-28-13-11-26/h6-9,18,21H,5,10-17H2,1-4H3,(H2,23,24,25). The zero-order chi connectivity index (χ0) is 20.2. The lowest BCUT2D eigenvalue weighted by molar-refractivity contribution is 0.0132. The highest BCUT2D eigenvalue weighted by Gasteiger charge is 2.22. The van der Waals surface area contributed by atoms with Crippen molar-refractivity contribution in [1.82, 2.24) is 15.5 Å². The molecular formula is C22H38N4O2. The molecule has 0 radical (unpaired) electrons. The number of aliphatic imine (C=N–C) groups is 1. The Hall–Kier alpha value is -1.63. The third kappa shape index (κ3) is 7.78. The van der Waals surface area contributed by atoms with Gasteiger partial charge in [-0.15, -0.1) is 0 Å². The molecule has 2 rings (SSSR count). The summed E-state index contributed by atoms with van der Waals surface area (Å²) in [5, 5.41) is 6.95. The molecule has 2 N–H and O–H groups in total. The lowest BCUT2D eigenvalue weighted by atomic mass is 10.0. The number of methoxy groups -OCH3 is 1. The minimum absolute atomic E-state index is 0.494. The van der Waals surface area contributed by atoms with Gasteiger partial charge in [0.1, 0.15) is 0 Å². The molecule has 1 unspecified atom stereocenters. The number of rotatable bonds is 10. The molecule has 0 aliphatic carbocycles. The van der Waals surface area contributed by atoms with Gasteiger partial charge in [0.25, 0.3) is 0 Å². The van der Waals surface area contributed by atoms with Crippen molar-refractivity contribution in [2.24, 2.45) is 10.9 Å². The topological polar surface area (TPSA) is 58.1 Å². The van der Waals surface area contributed by atoms with Gasteiger partial charge in [0.2, 0.25) is 0 Å². The Morgan fingerprint density at radius 1 is 1.18 bits per heavy atom. The minimum atomic E-state index is 0.494. The molecule has 158 valence electrons. The van der Waals surface area contributed by atoms with Gasteiger partial charge in [-0.3, -0.25) is 4.90 Å². The maximum atomic E-state index is 5.53. The molecule has 0 aromatic heterocycles. The Bertz CT molecular complexity index is 586. The van der Waals surface area contributed by atoms with Gasteiger partial charge in [0, 0.05) is 39.3 Å². The van der Waals surface area contributed by atoms with E-state index in [2.05, 4.69) is 54.5 Å². The highest BCUT2D eigenvalue weighted by Crippen LogP contribution is 2.13. The Morgan fingerprint density at radius 3 is 2.54 bits per heavy atom. The second-order valence-corrected chi connectivity index (χ2v) is 7.71. The first-order chi connectivity index (χ1) is 13.6. The Balaban J connectivity index is 2.00. The van der Waals surface area contributed by atoms with Crippen LogP contribution in [0.25, 0.3) is 0 Å². The normalized spacial score (nSPS) is 17.0. The molecular weight excluding hydrogens is 352 g/mol. The summed E-state index contributed by atoms with van der Waals surface area (Å²) in [5.74, 6) is 1.53. The number of morpholine rings is 1. The molecule has 0 spiro atoms. The van der Waals surface area contributed by atoms with Crippen LogP contribution in [0, 0.1) is 5.92 Å². The van der Waals surface area contributed by atoms with Gasteiger partial charge in [0.15, 0.2) is 5.96 Å². The summed E-state index contributed by atoms with van der Waals surface area (Å²) in [6.07, 6.45) is 1.17. The average molecular weight is 391 g/mol. The second kappa shape index (κ2) is 12.8. The van der Waals surface area contributed by atoms with Crippen molar-refractivity contribution in [3.05, 3.63) is 35.4 Å². The Morgan fingerprint density at radius 2 is 1.89 bits per heavy atom. The smallest absolute Gasteiger partial charge is 0.191 e. The van der Waals surface area contributed by atoms with Crippen molar-refractivity contribution in [1.29, 1.82) is 0 Å². The zero-order valence-corrected chi connectivity index (χ0v) is 18.0. The summed E-state index contributed by atoms with van der Waals surface area (Å²) in [4.78, 5) is 7.37. The lowest BCUT2D eigenvalue weighted by Gasteiger charge is -2.35. The fraction of sp³-hybridized carbons (Fsp3) is 0.682. The molecule has 6 nitrogen and oxygen atoms in total. The molecule has 1 fully saturated rings. The fourth-order valence-electron chi connectivity index (χ4n) is 3.58. The molecule has 6 heteroatoms. The van der Waals surface area contributed by atoms with Crippen LogP contribution in [0.1, 0.15) is 38.3 Å². The predicted molar refractivity (Wildman–Crippen MR) is 116 cm³/mol. The Labute approximate surface area is 170 Å². The van der Waals surface area contributed by atoms with Gasteiger partial charge in [-0.1, -0.05) is 38.1 Å². The first-order valence-electron chi connectivity index (χ1n) is 10.5. The number of hydrogen-bond donors (Lipinski definition) is 2. The quantitative estimate of drug-likeness (QED) is 0.475. The number of benzene rings is 1. The van der Waals surface area contributed by atoms with Gasteiger partial charge < -0.3 is 20.1 Å². The molecule has 1 atom stereocenters. The molecule has 28 heavy (non-hydrogen) atoms. The molecule has 1 aromatic rings. The van der Waals surface area contributed by atoms with E-state index in [0.29, 0.717) is 25.1 Å². The van der Waals surface area contributed by atoms with E-state index < -0.39 is 0 Å². The van der Waals surface area contributed by atoms with Crippen LogP contribution in [0.15, 0.2) is 29.3 Å². The van der Waals surface area contributed by atoms with E-state index in [0.717, 1.165) is 45.4 Å². The predicted octanol–water partition coefficient (Wildman–Crippen LogP) is 2.64. The number of nitrogens with zero attached hydrogens (tertiary/aromatic N) is 2. The molecule has 1 saturated heterocycles. The van der Waals surface area contributed by atoms with Crippen LogP contribution in [0.3, 0.4) is 0 Å². The maximum Gasteiger partial charge on any atom is 0.191 e. The summed E-state index contributed by atoms with van der Waals surface area (Å²) in [6.45, 7) is 13.4. The molecule has 1 aromatic carbocycles. The van der Waals surface area contributed by atoms with Crippen molar-refractivity contribution in [3.8, 4) is 0 Å². The summed E-state index contributed by atoms with van der Waals surface area (Å²) in [6, 6.07) is 8.82. The summed E-state index contributed by atoms with van der Waals surface area (Å²) >= 11 is 0. The van der Waals surface area contributed by atoms with E-state index in [-0.39, 0.29) is 0 Å². The second-order valence-electron chi connectivity index (χ2n) is 7.71. The lowest BCUT2D eigenvalue weighted by Crippen LogP contribution is -2.51. The third-order valence-electron chi connectivity index (χ3n) is 4.98. The van der Waals surface area contributed by atoms with E-state index in [9.17, 15) is 0 Å². The molecule has 1 aliphatic heterocycles. The van der Waals surface area contributed by atoms with Crippen LogP contribution in [0.5, 0.6) is 0 Å². The van der Waals surface area contributed by atoms with Crippen LogP contribution < -0.4 is 10.6 Å². The van der Waals surface area contributed by atoms with Crippen molar-refractivity contribution >= 4 is 5.96 Å². The van der Waals surface area contributed by atoms with Gasteiger partial charge >= 0.3 is 0 Å². The molecule has 0 saturated carbocycles. The van der Waals surface area contributed by atoms with Crippen molar-refractivity contribution < 1.29 is 9.47 Å². The minimum Gasteiger partial charge on any atom is -0.380 e. The number of hydrogen-bond acceptors (Lipinski definition) is 4. The van der Waals surface area contributed by atoms with E-state index in [1.54, 1.807) is 7.11 Å². The first-order valence-corrected chi connectivity index (χ1v) is 10.5. The van der Waals surface area contributed by atoms with E-state index >= 15 is 0 Å². The molecule has 1 aliphatic rings. The summed E-state index contributed by atoms with van der Waals surface area (Å²) in [5.41, 5.74) is 2.39. The van der Waals surface area contributed by atoms with Gasteiger partial charge in [0.05, 0.1) is 26.4 Å². The average Bonchev–Trinajstić information content (AvgIpc) is 2.70. The highest BCUT2D eigenvalue weighted by atomic mass is 16.5. The summed E-state index contributed by atoms with van der Waals surface area (Å²) in [7, 11) is 1.73. The number of guanidine groups is 1. The largest absolute Gasteiger partial charge is 0.380 e. The van der Waals surface area contributed by atoms with E-state index in [4.69, 9.17) is 14.5 Å². The van der Waals surface area contributed by atoms with E-state index in [1.807, 2.05) is 6.07 Å². The molecule has 1 heterocycles. The van der Waals surface area contributed by atoms with Crippen LogP contribution in [-0.4, -0.2) is 63.4 Å². The van der Waals surface area contributed by atoms with Crippen molar-refractivity contribution in [2.75, 3.05) is 46.5 Å². The van der Waals surface area contributed by atoms with Crippen LogP contribution in [0.4, 0.5) is 0 Å². The van der Waals surface area contributed by atoms with Gasteiger partial charge in [-0.25, -0.2) is 4.99 Å². The van der Waals surface area contributed by atoms with E-state index in [1.165, 1.54) is 17.5 Å². The third-order valence-corrected chi connectivity index (χ3v) is 4.98. The molecule has 0 amide bonds. The van der Waals surface area contributed by atoms with Crippen molar-refractivity contribution in [2.45, 2.75) is 46.4 Å². The fourth-order valence-corrected chi connectivity index (χ4v) is 3.58. The van der Waals surface area contributed by atoms with Crippen LogP contribution in [0.2, 0.25) is 0 Å². The summed E-state index contributed by atoms with van der Waals surface area (Å²) < 4.78 is 10.8. The number of ether oxygens (including phenoxy) is 2. The maximum absolute atomic E-state index is 5.53. The zero-order valence-electron chi connectivity index (χ0n) is 18.0.